The van der Waals surface area contributed by atoms with Crippen LogP contribution in [0.1, 0.15) is 47.1 Å². The van der Waals surface area contributed by atoms with Crippen molar-refractivity contribution < 1.29 is 48.6 Å². The Morgan fingerprint density at radius 3 is 2.20 bits per heavy atom. The zero-order chi connectivity index (χ0) is 22.6. The van der Waals surface area contributed by atoms with Gasteiger partial charge in [0.1, 0.15) is 0 Å². The summed E-state index contributed by atoms with van der Waals surface area (Å²) in [4.78, 5) is 12.0. The number of esters is 1. The normalized spacial score (nSPS) is 12.8. The van der Waals surface area contributed by atoms with Crippen LogP contribution in [0.15, 0.2) is 24.3 Å². The van der Waals surface area contributed by atoms with E-state index < -0.39 is 50.9 Å². The molecule has 0 saturated heterocycles. The number of halogens is 5. The minimum absolute atomic E-state index is 0.00947. The molecular formula is C22H25F4INO2-. The van der Waals surface area contributed by atoms with Gasteiger partial charge in [0.05, 0.1) is 0 Å². The molecule has 0 heterocycles. The Morgan fingerprint density at radius 1 is 1.10 bits per heavy atom. The summed E-state index contributed by atoms with van der Waals surface area (Å²) in [5, 5.41) is 0. The Bertz CT molecular complexity index is 905. The molecule has 0 saturated carbocycles. The van der Waals surface area contributed by atoms with Crippen LogP contribution in [0.2, 0.25) is 0 Å². The number of hydrogen-bond donors (Lipinski definition) is 1. The van der Waals surface area contributed by atoms with Crippen molar-refractivity contribution in [3.63, 3.8) is 0 Å². The number of ether oxygens (including phenoxy) is 1. The molecule has 2 aromatic carbocycles. The van der Waals surface area contributed by atoms with E-state index in [0.29, 0.717) is 37.8 Å². The van der Waals surface area contributed by atoms with Crippen LogP contribution >= 0.6 is 0 Å². The van der Waals surface area contributed by atoms with Crippen molar-refractivity contribution >= 4 is 5.97 Å². The molecule has 8 heteroatoms. The quantitative estimate of drug-likeness (QED) is 0.194. The number of rotatable bonds is 7. The summed E-state index contributed by atoms with van der Waals surface area (Å²) < 4.78 is 65.7. The van der Waals surface area contributed by atoms with Gasteiger partial charge in [0, 0.05) is 0 Å². The SMILES string of the molecule is CCOC(=O)C[C@H](C[I-]N)c1cc(-c2c(C)cc(C(F)(F)F)cc2C)cc(C)c1F. The monoisotopic (exact) mass is 538 g/mol. The first-order chi connectivity index (χ1) is 14.0. The van der Waals surface area contributed by atoms with E-state index in [0.717, 1.165) is 12.1 Å². The van der Waals surface area contributed by atoms with Gasteiger partial charge >= 0.3 is 185 Å². The third-order valence-electron chi connectivity index (χ3n) is 4.86. The Kier molecular flexibility index (Phi) is 8.27. The van der Waals surface area contributed by atoms with E-state index >= 15 is 0 Å². The summed E-state index contributed by atoms with van der Waals surface area (Å²) >= 11 is -0.718. The number of alkyl halides is 4. The number of benzene rings is 2. The topological polar surface area (TPSA) is 52.3 Å². The molecule has 0 radical (unpaired) electrons. The van der Waals surface area contributed by atoms with Gasteiger partial charge < -0.3 is 0 Å². The third-order valence-corrected chi connectivity index (χ3v) is 6.44. The second kappa shape index (κ2) is 10.1. The van der Waals surface area contributed by atoms with Crippen LogP contribution in [0.4, 0.5) is 17.6 Å². The van der Waals surface area contributed by atoms with Gasteiger partial charge in [-0.3, -0.25) is 0 Å². The molecule has 0 aliphatic carbocycles. The fourth-order valence-electron chi connectivity index (χ4n) is 3.60. The average Bonchev–Trinajstić information content (AvgIpc) is 2.63. The van der Waals surface area contributed by atoms with Gasteiger partial charge in [-0.05, 0) is 0 Å². The molecule has 0 spiro atoms. The van der Waals surface area contributed by atoms with Gasteiger partial charge in [0.15, 0.2) is 0 Å². The standard InChI is InChI=1S/C22H25F4INO2/c1-5-30-19(29)10-16(11-27-28)18-9-15(6-14(4)21(18)23)20-12(2)7-17(8-13(20)3)22(24,25)26/h6-9,16H,5,10-11,28H2,1-4H3/q-1/t16-/m1/s1. The van der Waals surface area contributed by atoms with Crippen LogP contribution in [0.25, 0.3) is 11.1 Å². The maximum absolute atomic E-state index is 15.0. The first kappa shape index (κ1) is 24.6. The Hall–Kier alpha value is -1.68. The van der Waals surface area contributed by atoms with Crippen molar-refractivity contribution in [1.29, 1.82) is 0 Å². The van der Waals surface area contributed by atoms with Gasteiger partial charge in [-0.1, -0.05) is 0 Å². The molecule has 166 valence electrons. The fourth-order valence-corrected chi connectivity index (χ4v) is 5.00. The van der Waals surface area contributed by atoms with E-state index in [2.05, 4.69) is 0 Å². The molecule has 0 aliphatic rings. The molecule has 2 rings (SSSR count). The van der Waals surface area contributed by atoms with Crippen molar-refractivity contribution in [3.05, 3.63) is 57.9 Å². The van der Waals surface area contributed by atoms with Crippen molar-refractivity contribution in [2.24, 2.45) is 3.95 Å². The van der Waals surface area contributed by atoms with E-state index in [9.17, 15) is 22.4 Å². The Morgan fingerprint density at radius 2 is 1.70 bits per heavy atom. The molecule has 2 aromatic rings. The van der Waals surface area contributed by atoms with Crippen molar-refractivity contribution in [3.8, 4) is 11.1 Å². The summed E-state index contributed by atoms with van der Waals surface area (Å²) in [6.45, 7) is 6.75. The number of carbonyl (C=O) groups is 1. The third kappa shape index (κ3) is 5.72. The van der Waals surface area contributed by atoms with Gasteiger partial charge in [-0.15, -0.1) is 0 Å². The summed E-state index contributed by atoms with van der Waals surface area (Å²) in [6.07, 6.45) is -4.43. The van der Waals surface area contributed by atoms with Gasteiger partial charge in [0.25, 0.3) is 0 Å². The number of carbonyl (C=O) groups excluding carboxylic acids is 1. The molecule has 0 amide bonds. The first-order valence-electron chi connectivity index (χ1n) is 9.41. The molecule has 0 aliphatic heterocycles. The second-order valence-electron chi connectivity index (χ2n) is 7.19. The molecule has 2 N–H and O–H groups in total. The average molecular weight is 538 g/mol. The van der Waals surface area contributed by atoms with Crippen molar-refractivity contribution in [2.45, 2.75) is 46.2 Å². The molecule has 3 nitrogen and oxygen atoms in total. The van der Waals surface area contributed by atoms with Crippen LogP contribution in [0, 0.1) is 26.6 Å². The molecule has 0 unspecified atom stereocenters. The molecular weight excluding hydrogens is 513 g/mol. The minimum atomic E-state index is -4.44. The molecule has 30 heavy (non-hydrogen) atoms. The van der Waals surface area contributed by atoms with E-state index in [1.54, 1.807) is 39.8 Å². The summed E-state index contributed by atoms with van der Waals surface area (Å²) in [5.41, 5.74) is 2.15. The number of hydrogen-bond acceptors (Lipinski definition) is 3. The van der Waals surface area contributed by atoms with Gasteiger partial charge in [0.2, 0.25) is 0 Å². The second-order valence-corrected chi connectivity index (χ2v) is 8.96. The Balaban J connectivity index is 2.59. The van der Waals surface area contributed by atoms with Crippen LogP contribution in [0.3, 0.4) is 0 Å². The van der Waals surface area contributed by atoms with Gasteiger partial charge in [-0.25, -0.2) is 0 Å². The van der Waals surface area contributed by atoms with Crippen LogP contribution in [0.5, 0.6) is 0 Å². The van der Waals surface area contributed by atoms with E-state index in [1.807, 2.05) is 0 Å². The van der Waals surface area contributed by atoms with Crippen LogP contribution in [-0.2, 0) is 15.7 Å². The first-order valence-corrected chi connectivity index (χ1v) is 12.2. The predicted molar refractivity (Wildman–Crippen MR) is 104 cm³/mol. The van der Waals surface area contributed by atoms with Crippen molar-refractivity contribution in [1.82, 2.24) is 0 Å². The predicted octanol–water partition coefficient (Wildman–Crippen LogP) is 2.44. The Labute approximate surface area is 184 Å². The fraction of sp³-hybridized carbons (Fsp3) is 0.409. The maximum atomic E-state index is 15.0. The molecule has 1 atom stereocenters. The van der Waals surface area contributed by atoms with E-state index in [4.69, 9.17) is 8.68 Å². The zero-order valence-corrected chi connectivity index (χ0v) is 19.4. The zero-order valence-electron chi connectivity index (χ0n) is 17.3. The molecule has 0 aromatic heterocycles. The number of nitrogens with two attached hydrogens (primary N) is 1. The van der Waals surface area contributed by atoms with Crippen molar-refractivity contribution in [2.75, 3.05) is 11.0 Å². The molecule has 0 bridgehead atoms. The summed E-state index contributed by atoms with van der Waals surface area (Å²) in [6, 6.07) is 5.46. The van der Waals surface area contributed by atoms with Crippen LogP contribution < -0.4 is 25.4 Å². The number of aryl methyl sites for hydroxylation is 3. The molecule has 0 fully saturated rings. The van der Waals surface area contributed by atoms with E-state index in [-0.39, 0.29) is 13.0 Å². The summed E-state index contributed by atoms with van der Waals surface area (Å²) in [7, 11) is 0. The van der Waals surface area contributed by atoms with Gasteiger partial charge in [-0.2, -0.15) is 0 Å². The van der Waals surface area contributed by atoms with E-state index in [1.165, 1.54) is 0 Å². The summed E-state index contributed by atoms with van der Waals surface area (Å²) in [5.74, 6) is -1.28. The van der Waals surface area contributed by atoms with Crippen LogP contribution in [-0.4, -0.2) is 17.0 Å².